The number of anilines is 1. The third-order valence-electron chi connectivity index (χ3n) is 8.33. The van der Waals surface area contributed by atoms with Gasteiger partial charge in [0, 0.05) is 42.5 Å². The SMILES string of the molecule is COc1nc(COc2cccc(-c3cccc(NC(=O)c4ccc(CN5C[C@@H](O)CC5=O)cn4)c3Cl)c2Cl)c(Cl)cc1CN1C[C@@H](O)CC1=O. The van der Waals surface area contributed by atoms with Gasteiger partial charge in [0.05, 0.1) is 59.5 Å². The van der Waals surface area contributed by atoms with Gasteiger partial charge in [0.2, 0.25) is 17.7 Å². The van der Waals surface area contributed by atoms with Crippen LogP contribution in [0.1, 0.15) is 40.2 Å². The van der Waals surface area contributed by atoms with E-state index in [1.54, 1.807) is 59.5 Å². The van der Waals surface area contributed by atoms with Crippen LogP contribution in [0.3, 0.4) is 0 Å². The Morgan fingerprint density at radius 2 is 1.58 bits per heavy atom. The molecule has 260 valence electrons. The lowest BCUT2D eigenvalue weighted by Gasteiger charge is -2.19. The van der Waals surface area contributed by atoms with Gasteiger partial charge in [-0.25, -0.2) is 4.98 Å². The van der Waals surface area contributed by atoms with Crippen molar-refractivity contribution in [2.75, 3.05) is 25.5 Å². The average molecular weight is 741 g/mol. The van der Waals surface area contributed by atoms with Crippen LogP contribution in [0.15, 0.2) is 60.8 Å². The smallest absolute Gasteiger partial charge is 0.274 e. The van der Waals surface area contributed by atoms with Gasteiger partial charge in [0.25, 0.3) is 5.91 Å². The molecule has 3 amide bonds. The minimum Gasteiger partial charge on any atom is -0.486 e. The molecule has 0 unspecified atom stereocenters. The number of nitrogens with zero attached hydrogens (tertiary/aromatic N) is 4. The van der Waals surface area contributed by atoms with Crippen molar-refractivity contribution in [1.29, 1.82) is 0 Å². The minimum atomic E-state index is -0.708. The summed E-state index contributed by atoms with van der Waals surface area (Å²) in [7, 11) is 1.46. The topological polar surface area (TPSA) is 154 Å². The van der Waals surface area contributed by atoms with Gasteiger partial charge in [-0.05, 0) is 29.8 Å². The zero-order valence-electron chi connectivity index (χ0n) is 26.7. The van der Waals surface area contributed by atoms with Crippen LogP contribution < -0.4 is 14.8 Å². The van der Waals surface area contributed by atoms with Crippen LogP contribution in [-0.2, 0) is 29.3 Å². The number of nitrogens with one attached hydrogen (secondary N) is 1. The van der Waals surface area contributed by atoms with Crippen molar-refractivity contribution in [3.8, 4) is 22.8 Å². The third kappa shape index (κ3) is 7.79. The van der Waals surface area contributed by atoms with Crippen molar-refractivity contribution in [3.05, 3.63) is 98.4 Å². The number of carbonyl (C=O) groups is 3. The van der Waals surface area contributed by atoms with E-state index in [0.29, 0.717) is 45.4 Å². The average Bonchev–Trinajstić information content (AvgIpc) is 3.58. The highest BCUT2D eigenvalue weighted by molar-refractivity contribution is 6.39. The molecule has 0 bridgehead atoms. The van der Waals surface area contributed by atoms with Crippen LogP contribution in [0.2, 0.25) is 15.1 Å². The predicted octanol–water partition coefficient (Wildman–Crippen LogP) is 5.13. The predicted molar refractivity (Wildman–Crippen MR) is 186 cm³/mol. The summed E-state index contributed by atoms with van der Waals surface area (Å²) in [6, 6.07) is 15.3. The molecule has 12 nitrogen and oxygen atoms in total. The van der Waals surface area contributed by atoms with Crippen LogP contribution in [0, 0.1) is 0 Å². The number of β-amino-alcohol motifs (C(OH)–C–C–N with tert-alkyl or cyclic N) is 2. The molecular weight excluding hydrogens is 709 g/mol. The Morgan fingerprint density at radius 3 is 2.20 bits per heavy atom. The summed E-state index contributed by atoms with van der Waals surface area (Å²) in [6.07, 6.45) is 0.314. The van der Waals surface area contributed by atoms with Crippen LogP contribution in [-0.4, -0.2) is 80.1 Å². The molecule has 0 saturated carbocycles. The molecule has 0 radical (unpaired) electrons. The Labute approximate surface area is 302 Å². The van der Waals surface area contributed by atoms with Gasteiger partial charge in [-0.2, -0.15) is 0 Å². The second-order valence-electron chi connectivity index (χ2n) is 11.9. The maximum atomic E-state index is 13.1. The summed E-state index contributed by atoms with van der Waals surface area (Å²) in [5.74, 6) is -0.166. The van der Waals surface area contributed by atoms with Crippen LogP contribution in [0.4, 0.5) is 5.69 Å². The molecule has 50 heavy (non-hydrogen) atoms. The van der Waals surface area contributed by atoms with E-state index in [0.717, 1.165) is 5.56 Å². The first-order chi connectivity index (χ1) is 24.0. The van der Waals surface area contributed by atoms with E-state index in [-0.39, 0.29) is 72.5 Å². The Bertz CT molecular complexity index is 1940. The number of rotatable bonds is 11. The van der Waals surface area contributed by atoms with Gasteiger partial charge in [-0.3, -0.25) is 19.4 Å². The fourth-order valence-electron chi connectivity index (χ4n) is 5.82. The first-order valence-corrected chi connectivity index (χ1v) is 16.7. The summed E-state index contributed by atoms with van der Waals surface area (Å²) < 4.78 is 11.5. The van der Waals surface area contributed by atoms with Crippen molar-refractivity contribution >= 4 is 58.2 Å². The van der Waals surface area contributed by atoms with Gasteiger partial charge >= 0.3 is 0 Å². The monoisotopic (exact) mass is 739 g/mol. The highest BCUT2D eigenvalue weighted by atomic mass is 35.5. The lowest BCUT2D eigenvalue weighted by Crippen LogP contribution is -2.25. The summed E-state index contributed by atoms with van der Waals surface area (Å²) in [4.78, 5) is 49.1. The fraction of sp³-hybridized carbons (Fsp3) is 0.286. The number of halogens is 3. The molecular formula is C35H32Cl3N5O7. The van der Waals surface area contributed by atoms with Crippen molar-refractivity contribution in [1.82, 2.24) is 19.8 Å². The number of carbonyl (C=O) groups excluding carboxylic acids is 3. The molecule has 4 heterocycles. The first kappa shape index (κ1) is 35.4. The minimum absolute atomic E-state index is 0.0497. The van der Waals surface area contributed by atoms with Gasteiger partial charge in [-0.15, -0.1) is 0 Å². The standard InChI is InChI=1S/C35H32Cl3N5O7/c1-49-35-20(15-43-17-22(45)12-31(43)47)10-25(36)28(41-35)18-50-29-7-3-5-24(33(29)38)23-4-2-6-26(32(23)37)40-34(48)27-9-8-19(13-39-27)14-42-16-21(44)11-30(42)46/h2-10,13,21-22,44-45H,11-12,14-18H2,1H3,(H,40,48)/t21-,22-/m0/s1. The third-order valence-corrected chi connectivity index (χ3v) is 9.45. The van der Waals surface area contributed by atoms with Crippen LogP contribution in [0.5, 0.6) is 11.6 Å². The molecule has 4 aromatic rings. The van der Waals surface area contributed by atoms with Crippen molar-refractivity contribution < 1.29 is 34.1 Å². The largest absolute Gasteiger partial charge is 0.486 e. The Hall–Kier alpha value is -4.46. The van der Waals surface area contributed by atoms with E-state index in [2.05, 4.69) is 15.3 Å². The molecule has 6 rings (SSSR count). The summed E-state index contributed by atoms with van der Waals surface area (Å²) in [5.41, 5.74) is 3.29. The number of amides is 3. The molecule has 2 aliphatic heterocycles. The summed E-state index contributed by atoms with van der Waals surface area (Å²) >= 11 is 20.2. The normalized spacial score (nSPS) is 17.4. The molecule has 2 aromatic heterocycles. The van der Waals surface area contributed by atoms with Gasteiger partial charge in [0.1, 0.15) is 23.7 Å². The Kier molecular flexibility index (Phi) is 10.7. The molecule has 15 heteroatoms. The molecule has 2 saturated heterocycles. The second kappa shape index (κ2) is 15.2. The maximum Gasteiger partial charge on any atom is 0.274 e. The molecule has 2 aliphatic rings. The number of benzene rings is 2. The Balaban J connectivity index is 1.14. The lowest BCUT2D eigenvalue weighted by molar-refractivity contribution is -0.129. The van der Waals surface area contributed by atoms with E-state index in [1.165, 1.54) is 18.2 Å². The van der Waals surface area contributed by atoms with Gasteiger partial charge < -0.3 is 34.8 Å². The number of aliphatic hydroxyl groups excluding tert-OH is 2. The highest BCUT2D eigenvalue weighted by Gasteiger charge is 2.30. The Morgan fingerprint density at radius 1 is 0.920 bits per heavy atom. The molecule has 0 aliphatic carbocycles. The van der Waals surface area contributed by atoms with Crippen molar-refractivity contribution in [2.45, 2.75) is 44.7 Å². The quantitative estimate of drug-likeness (QED) is 0.190. The van der Waals surface area contributed by atoms with Gasteiger partial charge in [0.15, 0.2) is 0 Å². The maximum absolute atomic E-state index is 13.1. The number of pyridine rings is 2. The van der Waals surface area contributed by atoms with E-state index in [4.69, 9.17) is 44.3 Å². The zero-order valence-corrected chi connectivity index (χ0v) is 29.0. The second-order valence-corrected chi connectivity index (χ2v) is 13.1. The fourth-order valence-corrected chi connectivity index (χ4v) is 6.61. The number of ether oxygens (including phenoxy) is 2. The molecule has 2 atom stereocenters. The summed E-state index contributed by atoms with van der Waals surface area (Å²) in [5, 5.41) is 23.2. The molecule has 3 N–H and O–H groups in total. The number of likely N-dealkylation sites (tertiary alicyclic amines) is 2. The van der Waals surface area contributed by atoms with Crippen molar-refractivity contribution in [3.63, 3.8) is 0 Å². The lowest BCUT2D eigenvalue weighted by atomic mass is 10.0. The summed E-state index contributed by atoms with van der Waals surface area (Å²) in [6.45, 7) is 0.924. The van der Waals surface area contributed by atoms with Crippen molar-refractivity contribution in [2.24, 2.45) is 0 Å². The first-order valence-electron chi connectivity index (χ1n) is 15.6. The highest BCUT2D eigenvalue weighted by Crippen LogP contribution is 2.41. The van der Waals surface area contributed by atoms with Crippen LogP contribution in [0.25, 0.3) is 11.1 Å². The molecule has 2 aromatic carbocycles. The van der Waals surface area contributed by atoms with E-state index >= 15 is 0 Å². The number of methoxy groups -OCH3 is 1. The van der Waals surface area contributed by atoms with E-state index in [1.807, 2.05) is 0 Å². The van der Waals surface area contributed by atoms with Crippen LogP contribution >= 0.6 is 34.8 Å². The number of aromatic nitrogens is 2. The number of hydrogen-bond donors (Lipinski definition) is 3. The number of hydrogen-bond acceptors (Lipinski definition) is 9. The van der Waals surface area contributed by atoms with E-state index < -0.39 is 18.1 Å². The molecule has 0 spiro atoms. The zero-order chi connectivity index (χ0) is 35.5. The van der Waals surface area contributed by atoms with Gasteiger partial charge in [-0.1, -0.05) is 65.1 Å². The van der Waals surface area contributed by atoms with E-state index in [9.17, 15) is 24.6 Å². The molecule has 2 fully saturated rings. The number of aliphatic hydroxyl groups is 2.